The number of nitrogens with zero attached hydrogens (tertiary/aromatic N) is 4. The van der Waals surface area contributed by atoms with Crippen molar-refractivity contribution in [3.05, 3.63) is 95.9 Å². The molecule has 3 heterocycles. The topological polar surface area (TPSA) is 114 Å². The molecule has 7 heteroatoms. The molecule has 162 valence electrons. The summed E-state index contributed by atoms with van der Waals surface area (Å²) < 4.78 is 5.84. The molecule has 7 nitrogen and oxygen atoms in total. The highest BCUT2D eigenvalue weighted by Crippen LogP contribution is 2.30. The van der Waals surface area contributed by atoms with E-state index in [0.29, 0.717) is 27.9 Å². The van der Waals surface area contributed by atoms with Crippen molar-refractivity contribution in [2.45, 2.75) is 19.3 Å². The summed E-state index contributed by atoms with van der Waals surface area (Å²) in [4.78, 5) is 17.5. The molecule has 0 saturated carbocycles. The molecule has 0 spiro atoms. The fourth-order valence-electron chi connectivity index (χ4n) is 3.92. The second-order valence-electron chi connectivity index (χ2n) is 8.26. The lowest BCUT2D eigenvalue weighted by molar-refractivity contribution is 0.613. The first-order chi connectivity index (χ1) is 15.9. The number of nitrogens with one attached hydrogen (secondary N) is 1. The molecule has 3 aromatic heterocycles. The number of amidine groups is 1. The molecule has 0 fully saturated rings. The number of oxazole rings is 1. The van der Waals surface area contributed by atoms with Gasteiger partial charge in [-0.25, -0.2) is 0 Å². The molecule has 33 heavy (non-hydrogen) atoms. The van der Waals surface area contributed by atoms with E-state index in [1.54, 1.807) is 18.6 Å². The molecule has 0 unspecified atom stereocenters. The van der Waals surface area contributed by atoms with Crippen LogP contribution in [0.25, 0.3) is 22.0 Å². The van der Waals surface area contributed by atoms with Crippen LogP contribution in [0.15, 0.2) is 88.7 Å². The van der Waals surface area contributed by atoms with Crippen LogP contribution < -0.4 is 5.73 Å². The van der Waals surface area contributed by atoms with Gasteiger partial charge in [-0.15, -0.1) is 0 Å². The Hall–Kier alpha value is -4.39. The summed E-state index contributed by atoms with van der Waals surface area (Å²) in [5, 5.41) is 9.87. The number of aliphatic imine (C=N–C) groups is 1. The van der Waals surface area contributed by atoms with Crippen molar-refractivity contribution in [1.29, 1.82) is 5.41 Å². The molecule has 3 N–H and O–H groups in total. The zero-order valence-corrected chi connectivity index (χ0v) is 18.3. The lowest BCUT2D eigenvalue weighted by Crippen LogP contribution is -2.31. The summed E-state index contributed by atoms with van der Waals surface area (Å²) in [6.45, 7) is 4.02. The van der Waals surface area contributed by atoms with E-state index in [1.165, 1.54) is 0 Å². The Labute approximate surface area is 190 Å². The zero-order chi connectivity index (χ0) is 23.0. The van der Waals surface area contributed by atoms with E-state index in [1.807, 2.05) is 74.5 Å². The van der Waals surface area contributed by atoms with Crippen LogP contribution in [0, 0.1) is 5.41 Å². The van der Waals surface area contributed by atoms with Crippen LogP contribution in [-0.4, -0.2) is 26.5 Å². The third kappa shape index (κ3) is 3.63. The molecule has 0 radical (unpaired) electrons. The van der Waals surface area contributed by atoms with Gasteiger partial charge in [0.2, 0.25) is 0 Å². The number of rotatable bonds is 5. The Bertz CT molecular complexity index is 1520. The number of aromatic nitrogens is 3. The standard InChI is InChI=1S/C26H22N6O/c1-26(2,16-11-14-29-15-12-16)23(27)17-6-3-4-7-18(17)24(28)32-25-31-22-19-8-5-13-30-20(19)9-10-21(22)33-25/h3-15,27H,1-2H3,(H2,28,31,32). The quantitative estimate of drug-likeness (QED) is 0.293. The summed E-state index contributed by atoms with van der Waals surface area (Å²) >= 11 is 0. The van der Waals surface area contributed by atoms with Gasteiger partial charge in [0.1, 0.15) is 11.4 Å². The van der Waals surface area contributed by atoms with Gasteiger partial charge in [0, 0.05) is 46.2 Å². The number of hydrogen-bond acceptors (Lipinski definition) is 6. The lowest BCUT2D eigenvalue weighted by Gasteiger charge is -2.27. The Morgan fingerprint density at radius 2 is 1.70 bits per heavy atom. The molecule has 0 aliphatic heterocycles. The van der Waals surface area contributed by atoms with Crippen molar-refractivity contribution in [1.82, 2.24) is 15.0 Å². The first kappa shape index (κ1) is 20.5. The van der Waals surface area contributed by atoms with E-state index in [-0.39, 0.29) is 11.9 Å². The molecule has 0 saturated heterocycles. The van der Waals surface area contributed by atoms with E-state index in [2.05, 4.69) is 19.9 Å². The Kier molecular flexibility index (Phi) is 4.94. The minimum atomic E-state index is -0.553. The average Bonchev–Trinajstić information content (AvgIpc) is 3.27. The second kappa shape index (κ2) is 7.94. The largest absolute Gasteiger partial charge is 0.422 e. The van der Waals surface area contributed by atoms with Crippen molar-refractivity contribution < 1.29 is 4.42 Å². The van der Waals surface area contributed by atoms with Crippen LogP contribution in [0.2, 0.25) is 0 Å². The summed E-state index contributed by atoms with van der Waals surface area (Å²) in [5.41, 5.74) is 10.8. The zero-order valence-electron chi connectivity index (χ0n) is 18.3. The van der Waals surface area contributed by atoms with Gasteiger partial charge < -0.3 is 15.6 Å². The van der Waals surface area contributed by atoms with Gasteiger partial charge in [0.25, 0.3) is 0 Å². The molecule has 0 aliphatic carbocycles. The number of nitrogens with two attached hydrogens (primary N) is 1. The third-order valence-electron chi connectivity index (χ3n) is 5.84. The summed E-state index contributed by atoms with van der Waals surface area (Å²) in [5.74, 6) is 0.231. The number of pyridine rings is 2. The molecule has 0 aliphatic rings. The first-order valence-electron chi connectivity index (χ1n) is 10.5. The minimum Gasteiger partial charge on any atom is -0.422 e. The fourth-order valence-corrected chi connectivity index (χ4v) is 3.92. The van der Waals surface area contributed by atoms with E-state index in [4.69, 9.17) is 15.6 Å². The lowest BCUT2D eigenvalue weighted by atomic mass is 9.76. The highest BCUT2D eigenvalue weighted by molar-refractivity contribution is 6.14. The van der Waals surface area contributed by atoms with E-state index in [0.717, 1.165) is 16.5 Å². The monoisotopic (exact) mass is 434 g/mol. The van der Waals surface area contributed by atoms with Crippen molar-refractivity contribution in [3.63, 3.8) is 0 Å². The van der Waals surface area contributed by atoms with Gasteiger partial charge in [-0.2, -0.15) is 9.98 Å². The Morgan fingerprint density at radius 3 is 2.48 bits per heavy atom. The number of benzene rings is 2. The molecular formula is C26H22N6O. The SMILES string of the molecule is CC(C)(C(=N)c1ccccc1/C(N)=N/c1nc2c(ccc3ncccc32)o1)c1ccncc1. The summed E-state index contributed by atoms with van der Waals surface area (Å²) in [6.07, 6.45) is 5.21. The van der Waals surface area contributed by atoms with Crippen LogP contribution in [0.1, 0.15) is 30.5 Å². The number of fused-ring (bicyclic) bond motifs is 3. The number of hydrogen-bond donors (Lipinski definition) is 2. The highest BCUT2D eigenvalue weighted by Gasteiger charge is 2.29. The molecule has 0 bridgehead atoms. The predicted molar refractivity (Wildman–Crippen MR) is 130 cm³/mol. The summed E-state index contributed by atoms with van der Waals surface area (Å²) in [6, 6.07) is 19.0. The van der Waals surface area contributed by atoms with Crippen LogP contribution in [0.4, 0.5) is 6.01 Å². The van der Waals surface area contributed by atoms with Crippen molar-refractivity contribution >= 4 is 39.6 Å². The van der Waals surface area contributed by atoms with E-state index >= 15 is 0 Å². The molecule has 5 aromatic rings. The van der Waals surface area contributed by atoms with Crippen LogP contribution >= 0.6 is 0 Å². The maximum atomic E-state index is 8.98. The first-order valence-corrected chi connectivity index (χ1v) is 10.5. The van der Waals surface area contributed by atoms with Gasteiger partial charge in [0.05, 0.1) is 5.52 Å². The fraction of sp³-hybridized carbons (Fsp3) is 0.115. The highest BCUT2D eigenvalue weighted by atomic mass is 16.4. The molecule has 0 atom stereocenters. The van der Waals surface area contributed by atoms with Gasteiger partial charge in [0.15, 0.2) is 5.58 Å². The maximum Gasteiger partial charge on any atom is 0.324 e. The predicted octanol–water partition coefficient (Wildman–Crippen LogP) is 5.15. The van der Waals surface area contributed by atoms with Crippen molar-refractivity contribution in [3.8, 4) is 0 Å². The Balaban J connectivity index is 1.56. The molecule has 0 amide bonds. The van der Waals surface area contributed by atoms with Gasteiger partial charge in [-0.1, -0.05) is 38.1 Å². The van der Waals surface area contributed by atoms with E-state index < -0.39 is 5.41 Å². The smallest absolute Gasteiger partial charge is 0.324 e. The van der Waals surface area contributed by atoms with Crippen molar-refractivity contribution in [2.75, 3.05) is 0 Å². The third-order valence-corrected chi connectivity index (χ3v) is 5.84. The van der Waals surface area contributed by atoms with Crippen LogP contribution in [-0.2, 0) is 5.41 Å². The van der Waals surface area contributed by atoms with Gasteiger partial charge >= 0.3 is 6.01 Å². The normalized spacial score (nSPS) is 12.4. The molecular weight excluding hydrogens is 412 g/mol. The van der Waals surface area contributed by atoms with Gasteiger partial charge in [-0.05, 0) is 42.0 Å². The maximum absolute atomic E-state index is 8.98. The molecule has 5 rings (SSSR count). The summed E-state index contributed by atoms with van der Waals surface area (Å²) in [7, 11) is 0. The Morgan fingerprint density at radius 1 is 0.939 bits per heavy atom. The van der Waals surface area contributed by atoms with Gasteiger partial charge in [-0.3, -0.25) is 9.97 Å². The van der Waals surface area contributed by atoms with Crippen LogP contribution in [0.5, 0.6) is 0 Å². The van der Waals surface area contributed by atoms with Crippen molar-refractivity contribution in [2.24, 2.45) is 10.7 Å². The average molecular weight is 435 g/mol. The molecule has 2 aromatic carbocycles. The minimum absolute atomic E-state index is 0.161. The second-order valence-corrected chi connectivity index (χ2v) is 8.26. The van der Waals surface area contributed by atoms with Crippen LogP contribution in [0.3, 0.4) is 0 Å². The van der Waals surface area contributed by atoms with E-state index in [9.17, 15) is 0 Å².